The van der Waals surface area contributed by atoms with Crippen LogP contribution in [-0.2, 0) is 7.05 Å². The third-order valence-corrected chi connectivity index (χ3v) is 4.81. The molecule has 0 aliphatic rings. The van der Waals surface area contributed by atoms with E-state index in [1.54, 1.807) is 17.1 Å². The maximum Gasteiger partial charge on any atom is 0.263 e. The van der Waals surface area contributed by atoms with Crippen molar-refractivity contribution in [3.8, 4) is 10.6 Å². The number of nitrogens with one attached hydrogen (secondary N) is 1. The number of aliphatic hydroxyl groups excluding tert-OH is 1. The van der Waals surface area contributed by atoms with Gasteiger partial charge in [0.25, 0.3) is 5.91 Å². The molecule has 3 rings (SSSR count). The summed E-state index contributed by atoms with van der Waals surface area (Å²) in [7, 11) is 1.83. The average molecular weight is 334 g/mol. The Morgan fingerprint density at radius 3 is 3.05 bits per heavy atom. The minimum atomic E-state index is -0.694. The Morgan fingerprint density at radius 2 is 2.36 bits per heavy atom. The normalized spacial score (nSPS) is 12.3. The minimum absolute atomic E-state index is 0.176. The van der Waals surface area contributed by atoms with Crippen molar-refractivity contribution in [3.05, 3.63) is 45.9 Å². The second-order valence-corrected chi connectivity index (χ2v) is 6.53. The molecule has 0 bridgehead atoms. The van der Waals surface area contributed by atoms with Crippen molar-refractivity contribution in [2.75, 3.05) is 6.54 Å². The summed E-state index contributed by atoms with van der Waals surface area (Å²) in [6, 6.07) is 1.84. The Labute approximate surface area is 135 Å². The molecule has 0 saturated heterocycles. The van der Waals surface area contributed by atoms with Crippen LogP contribution in [0.1, 0.15) is 21.3 Å². The van der Waals surface area contributed by atoms with Crippen molar-refractivity contribution in [2.45, 2.75) is 6.10 Å². The molecule has 22 heavy (non-hydrogen) atoms. The van der Waals surface area contributed by atoms with E-state index in [2.05, 4.69) is 15.4 Å². The molecule has 1 atom stereocenters. The number of carbonyl (C=O) groups excluding carboxylic acids is 1. The van der Waals surface area contributed by atoms with E-state index >= 15 is 0 Å². The van der Waals surface area contributed by atoms with Gasteiger partial charge in [-0.05, 0) is 22.4 Å². The van der Waals surface area contributed by atoms with Gasteiger partial charge in [0.1, 0.15) is 9.88 Å². The lowest BCUT2D eigenvalue weighted by Crippen LogP contribution is -2.27. The van der Waals surface area contributed by atoms with Crippen molar-refractivity contribution in [3.63, 3.8) is 0 Å². The van der Waals surface area contributed by atoms with Gasteiger partial charge in [0.2, 0.25) is 0 Å². The molecular formula is C14H14N4O2S2. The zero-order chi connectivity index (χ0) is 15.5. The van der Waals surface area contributed by atoms with E-state index in [-0.39, 0.29) is 12.5 Å². The van der Waals surface area contributed by atoms with Crippen LogP contribution in [-0.4, -0.2) is 32.3 Å². The topological polar surface area (TPSA) is 80.0 Å². The maximum atomic E-state index is 12.1. The van der Waals surface area contributed by atoms with E-state index in [1.165, 1.54) is 22.7 Å². The van der Waals surface area contributed by atoms with E-state index < -0.39 is 6.10 Å². The molecule has 8 heteroatoms. The van der Waals surface area contributed by atoms with Gasteiger partial charge in [-0.15, -0.1) is 11.3 Å². The molecule has 2 N–H and O–H groups in total. The smallest absolute Gasteiger partial charge is 0.263 e. The summed E-state index contributed by atoms with van der Waals surface area (Å²) in [5.41, 5.74) is 1.69. The molecule has 0 radical (unpaired) electrons. The fourth-order valence-electron chi connectivity index (χ4n) is 1.90. The molecule has 0 fully saturated rings. The zero-order valence-electron chi connectivity index (χ0n) is 11.8. The van der Waals surface area contributed by atoms with Crippen LogP contribution in [0.4, 0.5) is 0 Å². The van der Waals surface area contributed by atoms with E-state index in [0.717, 1.165) is 16.1 Å². The second kappa shape index (κ2) is 6.39. The van der Waals surface area contributed by atoms with Crippen molar-refractivity contribution < 1.29 is 9.90 Å². The Kier molecular flexibility index (Phi) is 4.32. The summed E-state index contributed by atoms with van der Waals surface area (Å²) >= 11 is 2.81. The first-order chi connectivity index (χ1) is 10.6. The Balaban J connectivity index is 1.62. The number of carbonyl (C=O) groups is 1. The summed E-state index contributed by atoms with van der Waals surface area (Å²) < 4.78 is 1.69. The monoisotopic (exact) mass is 334 g/mol. The number of aryl methyl sites for hydroxylation is 1. The van der Waals surface area contributed by atoms with Gasteiger partial charge in [0, 0.05) is 25.4 Å². The summed E-state index contributed by atoms with van der Waals surface area (Å²) in [6.07, 6.45) is 4.40. The van der Waals surface area contributed by atoms with Gasteiger partial charge in [-0.3, -0.25) is 9.48 Å². The zero-order valence-corrected chi connectivity index (χ0v) is 13.4. The van der Waals surface area contributed by atoms with Gasteiger partial charge in [0.15, 0.2) is 0 Å². The number of amides is 1. The lowest BCUT2D eigenvalue weighted by atomic mass is 10.2. The molecule has 114 valence electrons. The summed E-state index contributed by atoms with van der Waals surface area (Å²) in [4.78, 5) is 16.9. The molecule has 0 aromatic carbocycles. The van der Waals surface area contributed by atoms with Crippen LogP contribution < -0.4 is 5.32 Å². The van der Waals surface area contributed by atoms with Crippen LogP contribution in [0.25, 0.3) is 10.6 Å². The number of thiophene rings is 1. The number of hydrogen-bond acceptors (Lipinski definition) is 6. The van der Waals surface area contributed by atoms with Crippen LogP contribution in [0.5, 0.6) is 0 Å². The molecule has 1 unspecified atom stereocenters. The molecule has 1 amide bonds. The van der Waals surface area contributed by atoms with Crippen molar-refractivity contribution in [1.29, 1.82) is 0 Å². The number of aliphatic hydroxyl groups is 1. The minimum Gasteiger partial charge on any atom is -0.387 e. The fraction of sp³-hybridized carbons (Fsp3) is 0.214. The number of rotatable bonds is 5. The van der Waals surface area contributed by atoms with Gasteiger partial charge in [-0.25, -0.2) is 4.98 Å². The SMILES string of the molecule is Cn1cc(-c2ncc(C(=O)NCC(O)c3ccsc3)s2)cn1. The molecule has 3 aromatic rings. The van der Waals surface area contributed by atoms with E-state index in [1.807, 2.05) is 30.1 Å². The highest BCUT2D eigenvalue weighted by atomic mass is 32.1. The summed E-state index contributed by atoms with van der Waals surface area (Å²) in [5.74, 6) is -0.234. The molecule has 0 aliphatic carbocycles. The summed E-state index contributed by atoms with van der Waals surface area (Å²) in [6.45, 7) is 0.176. The molecule has 0 saturated carbocycles. The van der Waals surface area contributed by atoms with Gasteiger partial charge in [-0.1, -0.05) is 0 Å². The van der Waals surface area contributed by atoms with Gasteiger partial charge < -0.3 is 10.4 Å². The van der Waals surface area contributed by atoms with Gasteiger partial charge in [-0.2, -0.15) is 16.4 Å². The molecule has 0 aliphatic heterocycles. The number of hydrogen-bond donors (Lipinski definition) is 2. The highest BCUT2D eigenvalue weighted by Gasteiger charge is 2.14. The van der Waals surface area contributed by atoms with Gasteiger partial charge >= 0.3 is 0 Å². The lowest BCUT2D eigenvalue weighted by Gasteiger charge is -2.09. The van der Waals surface area contributed by atoms with Crippen molar-refractivity contribution in [1.82, 2.24) is 20.1 Å². The summed E-state index contributed by atoms with van der Waals surface area (Å²) in [5, 5.41) is 21.3. The van der Waals surface area contributed by atoms with Crippen LogP contribution in [0.15, 0.2) is 35.4 Å². The van der Waals surface area contributed by atoms with Crippen LogP contribution in [0, 0.1) is 0 Å². The highest BCUT2D eigenvalue weighted by molar-refractivity contribution is 7.16. The Bertz CT molecular complexity index is 764. The third kappa shape index (κ3) is 3.24. The van der Waals surface area contributed by atoms with Crippen molar-refractivity contribution >= 4 is 28.6 Å². The quantitative estimate of drug-likeness (QED) is 0.748. The van der Waals surface area contributed by atoms with Gasteiger partial charge in [0.05, 0.1) is 18.5 Å². The predicted octanol–water partition coefficient (Wildman–Crippen LogP) is 2.07. The fourth-order valence-corrected chi connectivity index (χ4v) is 3.42. The second-order valence-electron chi connectivity index (χ2n) is 4.71. The van der Waals surface area contributed by atoms with Crippen molar-refractivity contribution in [2.24, 2.45) is 7.05 Å². The lowest BCUT2D eigenvalue weighted by molar-refractivity contribution is 0.0920. The van der Waals surface area contributed by atoms with E-state index in [4.69, 9.17) is 0 Å². The van der Waals surface area contributed by atoms with E-state index in [0.29, 0.717) is 4.88 Å². The van der Waals surface area contributed by atoms with Crippen LogP contribution in [0.2, 0.25) is 0 Å². The average Bonchev–Trinajstić information content (AvgIpc) is 3.23. The first-order valence-corrected chi connectivity index (χ1v) is 8.32. The largest absolute Gasteiger partial charge is 0.387 e. The van der Waals surface area contributed by atoms with Crippen LogP contribution >= 0.6 is 22.7 Å². The number of aromatic nitrogens is 3. The molecule has 0 spiro atoms. The Morgan fingerprint density at radius 1 is 1.50 bits per heavy atom. The molecular weight excluding hydrogens is 320 g/mol. The molecule has 3 heterocycles. The Hall–Kier alpha value is -2.03. The first kappa shape index (κ1) is 14.9. The molecule has 6 nitrogen and oxygen atoms in total. The first-order valence-electron chi connectivity index (χ1n) is 6.56. The van der Waals surface area contributed by atoms with E-state index in [9.17, 15) is 9.90 Å². The maximum absolute atomic E-state index is 12.1. The van der Waals surface area contributed by atoms with Crippen LogP contribution in [0.3, 0.4) is 0 Å². The number of thiazole rings is 1. The standard InChI is InChI=1S/C14H14N4O2S2/c1-18-7-10(4-17-18)14-16-6-12(22-14)13(20)15-5-11(19)9-2-3-21-8-9/h2-4,6-8,11,19H,5H2,1H3,(H,15,20). The molecule has 3 aromatic heterocycles. The number of nitrogens with zero attached hydrogens (tertiary/aromatic N) is 3. The predicted molar refractivity (Wildman–Crippen MR) is 85.9 cm³/mol. The highest BCUT2D eigenvalue weighted by Crippen LogP contribution is 2.24. The third-order valence-electron chi connectivity index (χ3n) is 3.07.